The van der Waals surface area contributed by atoms with Crippen LogP contribution in [-0.2, 0) is 0 Å². The molecule has 2 aromatic rings. The molecule has 0 atom stereocenters. The zero-order valence-corrected chi connectivity index (χ0v) is 9.06. The molecule has 0 fully saturated rings. The Morgan fingerprint density at radius 1 is 1.46 bits per heavy atom. The molecule has 1 aromatic heterocycles. The van der Waals surface area contributed by atoms with Crippen LogP contribution in [-0.4, -0.2) is 4.98 Å². The van der Waals surface area contributed by atoms with Crippen molar-refractivity contribution in [1.29, 1.82) is 0 Å². The summed E-state index contributed by atoms with van der Waals surface area (Å²) >= 11 is 1.71. The molecule has 1 aromatic carbocycles. The van der Waals surface area contributed by atoms with Crippen LogP contribution >= 0.6 is 11.3 Å². The van der Waals surface area contributed by atoms with Gasteiger partial charge in [-0.1, -0.05) is 27.3 Å². The molecule has 1 nitrogen and oxygen atoms in total. The molecule has 0 N–H and O–H groups in total. The van der Waals surface area contributed by atoms with E-state index in [0.29, 0.717) is 5.92 Å². The largest absolute Gasteiger partial charge is 0.245 e. The van der Waals surface area contributed by atoms with Gasteiger partial charge in [0.05, 0.1) is 15.7 Å². The fourth-order valence-electron chi connectivity index (χ4n) is 1.23. The summed E-state index contributed by atoms with van der Waals surface area (Å²) in [5, 5.41) is 0. The average molecular weight is 195 g/mol. The number of hydrogen-bond acceptors (Lipinski definition) is 2. The minimum Gasteiger partial charge on any atom is -0.245 e. The first-order valence-corrected chi connectivity index (χ1v) is 4.98. The van der Waals surface area contributed by atoms with E-state index in [4.69, 9.17) is 1.37 Å². The van der Waals surface area contributed by atoms with Crippen LogP contribution in [0.2, 0.25) is 0 Å². The summed E-state index contributed by atoms with van der Waals surface area (Å²) in [4.78, 5) is 4.24. The fourth-order valence-corrected chi connectivity index (χ4v) is 1.96. The highest BCUT2D eigenvalue weighted by Crippen LogP contribution is 2.23. The molecule has 0 saturated heterocycles. The number of thiazole rings is 1. The van der Waals surface area contributed by atoms with Gasteiger partial charge in [0.25, 0.3) is 0 Å². The Hall–Kier alpha value is -0.890. The summed E-state index contributed by atoms with van der Waals surface area (Å²) in [5.41, 5.74) is 4.41. The van der Waals surface area contributed by atoms with Crippen LogP contribution < -0.4 is 0 Å². The van der Waals surface area contributed by atoms with Crippen molar-refractivity contribution in [3.05, 3.63) is 29.3 Å². The zero-order chi connectivity index (χ0) is 10.6. The minimum atomic E-state index is 0.608. The van der Waals surface area contributed by atoms with Gasteiger partial charge in [-0.3, -0.25) is 0 Å². The summed E-state index contributed by atoms with van der Waals surface area (Å²) in [5.74, 6) is 0.608. The lowest BCUT2D eigenvalue weighted by Crippen LogP contribution is -1.84. The van der Waals surface area contributed by atoms with Crippen molar-refractivity contribution in [3.63, 3.8) is 0 Å². The third kappa shape index (κ3) is 1.89. The highest BCUT2D eigenvalue weighted by molar-refractivity contribution is 7.16. The Labute approximate surface area is 84.8 Å². The SMILES string of the molecule is CC(C)c1ccc2ncsc2c1.[3H]C. The number of aromatic nitrogens is 1. The summed E-state index contributed by atoms with van der Waals surface area (Å²) < 4.78 is 7.04. The molecule has 0 aliphatic carbocycles. The van der Waals surface area contributed by atoms with E-state index >= 15 is 0 Å². The van der Waals surface area contributed by atoms with Gasteiger partial charge in [0.1, 0.15) is 0 Å². The number of fused-ring (bicyclic) bond motifs is 1. The second-order valence-electron chi connectivity index (χ2n) is 3.23. The fraction of sp³-hybridized carbons (Fsp3) is 0.364. The Kier molecular flexibility index (Phi) is 2.60. The molecular weight excluding hydrogens is 178 g/mol. The highest BCUT2D eigenvalue weighted by Gasteiger charge is 2.01. The first-order valence-electron chi connectivity index (χ1n) is 5.10. The molecule has 13 heavy (non-hydrogen) atoms. The third-order valence-corrected chi connectivity index (χ3v) is 2.81. The number of benzene rings is 1. The van der Waals surface area contributed by atoms with Crippen molar-refractivity contribution in [2.45, 2.75) is 27.2 Å². The lowest BCUT2D eigenvalue weighted by Gasteiger charge is -2.03. The van der Waals surface area contributed by atoms with Crippen molar-refractivity contribution in [2.75, 3.05) is 0 Å². The molecule has 70 valence electrons. The number of rotatable bonds is 1. The van der Waals surface area contributed by atoms with Gasteiger partial charge in [0.15, 0.2) is 0 Å². The van der Waals surface area contributed by atoms with Gasteiger partial charge in [-0.2, -0.15) is 0 Å². The van der Waals surface area contributed by atoms with Crippen molar-refractivity contribution in [1.82, 2.24) is 4.98 Å². The standard InChI is InChI=1S/C10H11NS.CH4/c1-7(2)8-3-4-9-10(5-8)12-6-11-9;/h3-7H,1-2H3;1H4/i;1T. The minimum absolute atomic E-state index is 0.608. The van der Waals surface area contributed by atoms with Crippen molar-refractivity contribution in [3.8, 4) is 0 Å². The normalized spacial score (nSPS) is 10.9. The van der Waals surface area contributed by atoms with E-state index in [-0.39, 0.29) is 0 Å². The van der Waals surface area contributed by atoms with Gasteiger partial charge in [-0.15, -0.1) is 11.3 Å². The van der Waals surface area contributed by atoms with Crippen LogP contribution in [0.5, 0.6) is 0 Å². The van der Waals surface area contributed by atoms with E-state index in [2.05, 4.69) is 37.0 Å². The quantitative estimate of drug-likeness (QED) is 0.668. The second kappa shape index (κ2) is 3.88. The smallest absolute Gasteiger partial charge is 0.0812 e. The van der Waals surface area contributed by atoms with Crippen LogP contribution in [0.25, 0.3) is 10.2 Å². The van der Waals surface area contributed by atoms with Gasteiger partial charge in [0, 0.05) is 1.37 Å². The monoisotopic (exact) mass is 195 g/mol. The lowest BCUT2D eigenvalue weighted by atomic mass is 10.0. The molecule has 0 aliphatic rings. The number of nitrogens with zero attached hydrogens (tertiary/aromatic N) is 1. The maximum atomic E-state index is 5.75. The van der Waals surface area contributed by atoms with Gasteiger partial charge in [0.2, 0.25) is 0 Å². The third-order valence-electron chi connectivity index (χ3n) is 2.02. The summed E-state index contributed by atoms with van der Waals surface area (Å²) in [6.45, 7) is 4.42. The van der Waals surface area contributed by atoms with Crippen LogP contribution in [0.15, 0.2) is 23.7 Å². The van der Waals surface area contributed by atoms with Crippen molar-refractivity contribution >= 4 is 21.6 Å². The molecule has 0 unspecified atom stereocenters. The topological polar surface area (TPSA) is 12.9 Å². The van der Waals surface area contributed by atoms with Crippen molar-refractivity contribution in [2.24, 2.45) is 0 Å². The summed E-state index contributed by atoms with van der Waals surface area (Å²) in [6.07, 6.45) is 0. The van der Waals surface area contributed by atoms with Gasteiger partial charge in [-0.25, -0.2) is 4.98 Å². The van der Waals surface area contributed by atoms with E-state index in [9.17, 15) is 0 Å². The Morgan fingerprint density at radius 2 is 2.23 bits per heavy atom. The Bertz CT molecular complexity index is 395. The molecule has 0 aliphatic heterocycles. The predicted molar refractivity (Wildman–Crippen MR) is 60.4 cm³/mol. The molecule has 0 bridgehead atoms. The summed E-state index contributed by atoms with van der Waals surface area (Å²) in [6, 6.07) is 6.49. The molecular formula is C11H15NS. The molecule has 2 rings (SSSR count). The van der Waals surface area contributed by atoms with Gasteiger partial charge in [-0.05, 0) is 23.6 Å². The molecule has 0 amide bonds. The molecule has 0 spiro atoms. The van der Waals surface area contributed by atoms with Gasteiger partial charge >= 0.3 is 0 Å². The van der Waals surface area contributed by atoms with E-state index in [1.54, 1.807) is 11.3 Å². The molecule has 0 radical (unpaired) electrons. The average Bonchev–Trinajstić information content (AvgIpc) is 2.67. The van der Waals surface area contributed by atoms with Crippen molar-refractivity contribution < 1.29 is 1.37 Å². The molecule has 1 heterocycles. The molecule has 2 heteroatoms. The maximum Gasteiger partial charge on any atom is 0.0812 e. The zero-order valence-electron chi connectivity index (χ0n) is 9.24. The Balaban J connectivity index is 0.000000461. The van der Waals surface area contributed by atoms with Crippen LogP contribution in [0.3, 0.4) is 0 Å². The predicted octanol–water partition coefficient (Wildman–Crippen LogP) is 4.06. The first-order chi connectivity index (χ1) is 6.77. The second-order valence-corrected chi connectivity index (χ2v) is 4.12. The van der Waals surface area contributed by atoms with E-state index in [1.165, 1.54) is 17.7 Å². The number of hydrogen-bond donors (Lipinski definition) is 0. The molecule has 0 saturated carbocycles. The van der Waals surface area contributed by atoms with Crippen LogP contribution in [0.1, 0.15) is 34.1 Å². The highest BCUT2D eigenvalue weighted by atomic mass is 32.1. The summed E-state index contributed by atoms with van der Waals surface area (Å²) in [7, 11) is 1.25. The van der Waals surface area contributed by atoms with Crippen LogP contribution in [0.4, 0.5) is 0 Å². The first kappa shape index (κ1) is 8.70. The Morgan fingerprint density at radius 3 is 2.92 bits per heavy atom. The maximum absolute atomic E-state index is 5.75. The van der Waals surface area contributed by atoms with Gasteiger partial charge < -0.3 is 0 Å². The van der Waals surface area contributed by atoms with E-state index < -0.39 is 0 Å². The van der Waals surface area contributed by atoms with E-state index in [0.717, 1.165) is 5.52 Å². The lowest BCUT2D eigenvalue weighted by molar-refractivity contribution is 0.869. The van der Waals surface area contributed by atoms with E-state index in [1.807, 2.05) is 5.51 Å². The van der Waals surface area contributed by atoms with Crippen LogP contribution in [0, 0.1) is 0 Å².